The lowest BCUT2D eigenvalue weighted by atomic mass is 10.2. The lowest BCUT2D eigenvalue weighted by Crippen LogP contribution is -2.11. The lowest BCUT2D eigenvalue weighted by molar-refractivity contribution is -0.111. The van der Waals surface area contributed by atoms with Gasteiger partial charge in [-0.15, -0.1) is 0 Å². The van der Waals surface area contributed by atoms with Crippen LogP contribution in [0.1, 0.15) is 15.9 Å². The molecule has 2 aromatic carbocycles. The topological polar surface area (TPSA) is 81.4 Å². The molecule has 2 rings (SSSR count). The molecule has 2 amide bonds. The maximum atomic E-state index is 11.8. The molecule has 112 valence electrons. The molecule has 0 bridgehead atoms. The molecule has 0 heterocycles. The Balaban J connectivity index is 1.99. The monoisotopic (exact) mass is 296 g/mol. The van der Waals surface area contributed by atoms with Crippen molar-refractivity contribution in [3.63, 3.8) is 0 Å². The van der Waals surface area contributed by atoms with Crippen LogP contribution < -0.4 is 15.8 Å². The van der Waals surface area contributed by atoms with E-state index in [2.05, 4.69) is 5.32 Å². The summed E-state index contributed by atoms with van der Waals surface area (Å²) in [5.41, 5.74) is 6.99. The first-order valence-electron chi connectivity index (χ1n) is 6.61. The molecule has 5 nitrogen and oxygen atoms in total. The number of methoxy groups -OCH3 is 1. The van der Waals surface area contributed by atoms with Gasteiger partial charge in [0.25, 0.3) is 0 Å². The third kappa shape index (κ3) is 4.21. The van der Waals surface area contributed by atoms with Crippen LogP contribution in [-0.2, 0) is 4.79 Å². The van der Waals surface area contributed by atoms with E-state index in [1.807, 2.05) is 24.3 Å². The molecular formula is C17H16N2O3. The van der Waals surface area contributed by atoms with Gasteiger partial charge in [-0.25, -0.2) is 0 Å². The van der Waals surface area contributed by atoms with Gasteiger partial charge in [0.05, 0.1) is 7.11 Å². The van der Waals surface area contributed by atoms with E-state index >= 15 is 0 Å². The number of rotatable bonds is 5. The van der Waals surface area contributed by atoms with Gasteiger partial charge < -0.3 is 15.8 Å². The summed E-state index contributed by atoms with van der Waals surface area (Å²) < 4.78 is 5.12. The van der Waals surface area contributed by atoms with E-state index in [0.29, 0.717) is 11.3 Å². The summed E-state index contributed by atoms with van der Waals surface area (Å²) >= 11 is 0. The van der Waals surface area contributed by atoms with Crippen molar-refractivity contribution in [3.05, 3.63) is 65.7 Å². The first-order valence-corrected chi connectivity index (χ1v) is 6.61. The number of hydrogen-bond donors (Lipinski definition) is 2. The average Bonchev–Trinajstić information content (AvgIpc) is 2.53. The smallest absolute Gasteiger partial charge is 0.248 e. The van der Waals surface area contributed by atoms with Crippen LogP contribution in [0.3, 0.4) is 0 Å². The van der Waals surface area contributed by atoms with Crippen molar-refractivity contribution in [1.29, 1.82) is 0 Å². The number of benzene rings is 2. The van der Waals surface area contributed by atoms with Gasteiger partial charge in [0.2, 0.25) is 11.8 Å². The molecule has 0 saturated carbocycles. The number of hydrogen-bond acceptors (Lipinski definition) is 3. The van der Waals surface area contributed by atoms with Crippen LogP contribution in [0.5, 0.6) is 5.75 Å². The van der Waals surface area contributed by atoms with Gasteiger partial charge in [0, 0.05) is 17.3 Å². The predicted molar refractivity (Wildman–Crippen MR) is 85.6 cm³/mol. The number of amides is 2. The fraction of sp³-hybridized carbons (Fsp3) is 0.0588. The molecule has 2 aromatic rings. The zero-order valence-corrected chi connectivity index (χ0v) is 12.1. The standard InChI is InChI=1S/C17H16N2O3/c1-22-15-4-2-3-12(11-15)5-10-16(20)19-14-8-6-13(7-9-14)17(18)21/h2-11H,1H3,(H2,18,21)(H,19,20)/b10-5+. The zero-order valence-electron chi connectivity index (χ0n) is 12.1. The molecule has 3 N–H and O–H groups in total. The van der Waals surface area contributed by atoms with Crippen molar-refractivity contribution < 1.29 is 14.3 Å². The van der Waals surface area contributed by atoms with Gasteiger partial charge in [-0.05, 0) is 48.0 Å². The van der Waals surface area contributed by atoms with E-state index in [-0.39, 0.29) is 5.91 Å². The second-order valence-corrected chi connectivity index (χ2v) is 4.54. The van der Waals surface area contributed by atoms with Crippen molar-refractivity contribution in [2.24, 2.45) is 5.73 Å². The fourth-order valence-corrected chi connectivity index (χ4v) is 1.82. The van der Waals surface area contributed by atoms with Gasteiger partial charge in [0.1, 0.15) is 5.75 Å². The summed E-state index contributed by atoms with van der Waals surface area (Å²) in [6.45, 7) is 0. The molecule has 0 fully saturated rings. The Hall–Kier alpha value is -3.08. The number of primary amides is 1. The summed E-state index contributed by atoms with van der Waals surface area (Å²) in [4.78, 5) is 22.8. The maximum absolute atomic E-state index is 11.8. The number of anilines is 1. The minimum absolute atomic E-state index is 0.269. The highest BCUT2D eigenvalue weighted by Gasteiger charge is 2.01. The molecule has 0 aliphatic carbocycles. The van der Waals surface area contributed by atoms with Gasteiger partial charge in [-0.2, -0.15) is 0 Å². The minimum atomic E-state index is -0.504. The molecule has 0 aliphatic heterocycles. The number of ether oxygens (including phenoxy) is 1. The second kappa shape index (κ2) is 7.08. The van der Waals surface area contributed by atoms with E-state index < -0.39 is 5.91 Å². The van der Waals surface area contributed by atoms with E-state index in [0.717, 1.165) is 11.3 Å². The summed E-state index contributed by atoms with van der Waals surface area (Å²) in [6.07, 6.45) is 3.12. The minimum Gasteiger partial charge on any atom is -0.497 e. The Morgan fingerprint density at radius 1 is 1.14 bits per heavy atom. The quantitative estimate of drug-likeness (QED) is 0.831. The van der Waals surface area contributed by atoms with Crippen LogP contribution in [0.15, 0.2) is 54.6 Å². The molecule has 22 heavy (non-hydrogen) atoms. The van der Waals surface area contributed by atoms with Crippen molar-refractivity contribution in [2.45, 2.75) is 0 Å². The second-order valence-electron chi connectivity index (χ2n) is 4.54. The van der Waals surface area contributed by atoms with Gasteiger partial charge >= 0.3 is 0 Å². The van der Waals surface area contributed by atoms with Crippen LogP contribution >= 0.6 is 0 Å². The highest BCUT2D eigenvalue weighted by atomic mass is 16.5. The molecule has 0 radical (unpaired) electrons. The predicted octanol–water partition coefficient (Wildman–Crippen LogP) is 2.45. The number of nitrogens with one attached hydrogen (secondary N) is 1. The first-order chi connectivity index (χ1) is 10.6. The van der Waals surface area contributed by atoms with Crippen molar-refractivity contribution in [1.82, 2.24) is 0 Å². The molecule has 0 aromatic heterocycles. The van der Waals surface area contributed by atoms with Crippen LogP contribution in [-0.4, -0.2) is 18.9 Å². The highest BCUT2D eigenvalue weighted by molar-refractivity contribution is 6.02. The molecule has 0 saturated heterocycles. The maximum Gasteiger partial charge on any atom is 0.248 e. The molecule has 0 aliphatic rings. The molecule has 0 spiro atoms. The first kappa shape index (κ1) is 15.3. The van der Waals surface area contributed by atoms with Gasteiger partial charge in [-0.3, -0.25) is 9.59 Å². The third-order valence-corrected chi connectivity index (χ3v) is 2.96. The fourth-order valence-electron chi connectivity index (χ4n) is 1.82. The summed E-state index contributed by atoms with van der Waals surface area (Å²) in [5.74, 6) is -0.0463. The molecule has 0 unspecified atom stereocenters. The molecular weight excluding hydrogens is 280 g/mol. The largest absolute Gasteiger partial charge is 0.497 e. The van der Waals surface area contributed by atoms with E-state index in [1.54, 1.807) is 37.5 Å². The van der Waals surface area contributed by atoms with Crippen molar-refractivity contribution in [2.75, 3.05) is 12.4 Å². The Morgan fingerprint density at radius 3 is 2.50 bits per heavy atom. The lowest BCUT2D eigenvalue weighted by Gasteiger charge is -2.03. The van der Waals surface area contributed by atoms with Gasteiger partial charge in [0.15, 0.2) is 0 Å². The summed E-state index contributed by atoms with van der Waals surface area (Å²) in [7, 11) is 1.59. The van der Waals surface area contributed by atoms with Crippen molar-refractivity contribution in [3.8, 4) is 5.75 Å². The number of carbonyl (C=O) groups excluding carboxylic acids is 2. The van der Waals surface area contributed by atoms with Crippen molar-refractivity contribution >= 4 is 23.6 Å². The summed E-state index contributed by atoms with van der Waals surface area (Å²) in [6, 6.07) is 13.7. The molecule has 0 atom stereocenters. The Kier molecular flexibility index (Phi) is 4.93. The van der Waals surface area contributed by atoms with E-state index in [9.17, 15) is 9.59 Å². The zero-order chi connectivity index (χ0) is 15.9. The van der Waals surface area contributed by atoms with E-state index in [4.69, 9.17) is 10.5 Å². The Labute approximate surface area is 128 Å². The number of nitrogens with two attached hydrogens (primary N) is 1. The van der Waals surface area contributed by atoms with Crippen LogP contribution in [0.4, 0.5) is 5.69 Å². The SMILES string of the molecule is COc1cccc(/C=C/C(=O)Nc2ccc(C(N)=O)cc2)c1. The highest BCUT2D eigenvalue weighted by Crippen LogP contribution is 2.14. The normalized spacial score (nSPS) is 10.4. The Bertz CT molecular complexity index is 706. The van der Waals surface area contributed by atoms with Crippen LogP contribution in [0, 0.1) is 0 Å². The molecule has 5 heteroatoms. The van der Waals surface area contributed by atoms with Gasteiger partial charge in [-0.1, -0.05) is 12.1 Å². The average molecular weight is 296 g/mol. The third-order valence-electron chi connectivity index (χ3n) is 2.96. The Morgan fingerprint density at radius 2 is 1.86 bits per heavy atom. The van der Waals surface area contributed by atoms with E-state index in [1.165, 1.54) is 6.08 Å². The van der Waals surface area contributed by atoms with Crippen LogP contribution in [0.25, 0.3) is 6.08 Å². The number of carbonyl (C=O) groups is 2. The summed E-state index contributed by atoms with van der Waals surface area (Å²) in [5, 5.41) is 2.70. The van der Waals surface area contributed by atoms with Crippen LogP contribution in [0.2, 0.25) is 0 Å².